The Kier molecular flexibility index (Phi) is 24.4. The summed E-state index contributed by atoms with van der Waals surface area (Å²) in [5.74, 6) is 0. The second-order valence-corrected chi connectivity index (χ2v) is 4.05. The standard InChI is InChI=1S/CH4.BrH.Cl2O2S.Li/c;;1-5(2,3)4;/h1H4;1H;;/q;;;+1/p-1. The molecule has 0 aliphatic heterocycles. The molecule has 48 valence electrons. The number of hydrogen-bond acceptors (Lipinski definition) is 2. The van der Waals surface area contributed by atoms with Crippen LogP contribution in [0.5, 0.6) is 0 Å². The first-order chi connectivity index (χ1) is 2.00. The van der Waals surface area contributed by atoms with Crippen molar-refractivity contribution in [3.05, 3.63) is 0 Å². The van der Waals surface area contributed by atoms with Gasteiger partial charge in [0.25, 0.3) is 0 Å². The molecule has 0 spiro atoms. The van der Waals surface area contributed by atoms with Crippen LogP contribution >= 0.6 is 21.4 Å². The molecule has 0 rings (SSSR count). The minimum Gasteiger partial charge on any atom is -1.00 e. The second kappa shape index (κ2) is 8.61. The van der Waals surface area contributed by atoms with E-state index >= 15 is 0 Å². The van der Waals surface area contributed by atoms with Crippen molar-refractivity contribution in [3.8, 4) is 0 Å². The Hall–Kier alpha value is 1.61. The normalized spacial score (nSPS) is 7.25. The molecule has 0 unspecified atom stereocenters. The molecule has 0 heterocycles. The summed E-state index contributed by atoms with van der Waals surface area (Å²) in [6, 6.07) is 0. The van der Waals surface area contributed by atoms with Gasteiger partial charge >= 0.3 is 27.1 Å². The fraction of sp³-hybridized carbons (Fsp3) is 1.00. The summed E-state index contributed by atoms with van der Waals surface area (Å²) in [4.78, 5) is 0. The maximum atomic E-state index is 9.16. The Labute approximate surface area is 80.8 Å². The molecule has 7 heteroatoms. The van der Waals surface area contributed by atoms with E-state index in [0.29, 0.717) is 0 Å². The van der Waals surface area contributed by atoms with Crippen LogP contribution in [0, 0.1) is 0 Å². The molecule has 0 radical (unpaired) electrons. The van der Waals surface area contributed by atoms with Gasteiger partial charge in [0.2, 0.25) is 0 Å². The van der Waals surface area contributed by atoms with Crippen molar-refractivity contribution in [2.75, 3.05) is 0 Å². The van der Waals surface area contributed by atoms with Crippen molar-refractivity contribution in [2.24, 2.45) is 0 Å². The van der Waals surface area contributed by atoms with E-state index in [1.54, 1.807) is 0 Å². The van der Waals surface area contributed by atoms with Gasteiger partial charge in [-0.2, -0.15) is 8.42 Å². The molecule has 0 aromatic rings. The maximum absolute atomic E-state index is 9.16. The van der Waals surface area contributed by atoms with Gasteiger partial charge in [0.05, 0.1) is 0 Å². The summed E-state index contributed by atoms with van der Waals surface area (Å²) in [6.07, 6.45) is 0. The van der Waals surface area contributed by atoms with Crippen molar-refractivity contribution in [2.45, 2.75) is 7.43 Å². The molecule has 0 aromatic heterocycles. The van der Waals surface area contributed by atoms with Crippen LogP contribution in [0.3, 0.4) is 0 Å². The van der Waals surface area contributed by atoms with E-state index < -0.39 is 8.26 Å². The molecule has 0 atom stereocenters. The van der Waals surface area contributed by atoms with Crippen molar-refractivity contribution in [1.29, 1.82) is 0 Å². The Bertz CT molecular complexity index is 103. The van der Waals surface area contributed by atoms with Crippen LogP contribution in [-0.2, 0) is 8.26 Å². The molecule has 0 bridgehead atoms. The van der Waals surface area contributed by atoms with Gasteiger partial charge < -0.3 is 17.0 Å². The third-order valence-corrected chi connectivity index (χ3v) is 0. The summed E-state index contributed by atoms with van der Waals surface area (Å²) < 4.78 is 18.3. The van der Waals surface area contributed by atoms with Crippen LogP contribution in [0.4, 0.5) is 0 Å². The molecular weight excluding hydrogens is 234 g/mol. The quantitative estimate of drug-likeness (QED) is 0.314. The summed E-state index contributed by atoms with van der Waals surface area (Å²) in [5.41, 5.74) is 0. The number of halogens is 3. The topological polar surface area (TPSA) is 34.1 Å². The van der Waals surface area contributed by atoms with Crippen molar-refractivity contribution < 1.29 is 44.3 Å². The first-order valence-electron chi connectivity index (χ1n) is 0.642. The van der Waals surface area contributed by atoms with Gasteiger partial charge in [0.15, 0.2) is 0 Å². The Balaban J connectivity index is -0.0000000267. The Morgan fingerprint density at radius 2 is 1.12 bits per heavy atom. The van der Waals surface area contributed by atoms with Crippen LogP contribution in [0.2, 0.25) is 0 Å². The minimum absolute atomic E-state index is 0. The van der Waals surface area contributed by atoms with Crippen LogP contribution in [0.1, 0.15) is 7.43 Å². The summed E-state index contributed by atoms with van der Waals surface area (Å²) in [7, 11) is 4.81. The van der Waals surface area contributed by atoms with Gasteiger partial charge in [-0.3, -0.25) is 0 Å². The molecule has 0 aliphatic carbocycles. The fourth-order valence-electron chi connectivity index (χ4n) is 0. The summed E-state index contributed by atoms with van der Waals surface area (Å²) >= 11 is 0. The average molecular weight is 238 g/mol. The Morgan fingerprint density at radius 3 is 1.12 bits per heavy atom. The molecule has 0 N–H and O–H groups in total. The third-order valence-electron chi connectivity index (χ3n) is 0. The van der Waals surface area contributed by atoms with Crippen molar-refractivity contribution >= 4 is 29.6 Å². The largest absolute Gasteiger partial charge is 1.00 e. The Morgan fingerprint density at radius 1 is 1.12 bits per heavy atom. The van der Waals surface area contributed by atoms with E-state index in [1.807, 2.05) is 0 Å². The zero-order valence-electron chi connectivity index (χ0n) is 3.36. The molecule has 0 saturated heterocycles. The molecular formula is CH4BrCl2LiO2S. The first kappa shape index (κ1) is 22.6. The molecule has 0 fully saturated rings. The number of hydrogen-bond donors (Lipinski definition) is 0. The van der Waals surface area contributed by atoms with E-state index in [0.717, 1.165) is 0 Å². The van der Waals surface area contributed by atoms with Gasteiger partial charge in [-0.05, 0) is 0 Å². The monoisotopic (exact) mass is 236 g/mol. The van der Waals surface area contributed by atoms with Gasteiger partial charge in [-0.1, -0.05) is 7.43 Å². The summed E-state index contributed by atoms with van der Waals surface area (Å²) in [6.45, 7) is 0. The molecule has 0 aliphatic rings. The first-order valence-corrected chi connectivity index (χ1v) is 3.78. The van der Waals surface area contributed by atoms with E-state index in [2.05, 4.69) is 21.4 Å². The van der Waals surface area contributed by atoms with Crippen LogP contribution in [0.15, 0.2) is 0 Å². The van der Waals surface area contributed by atoms with Crippen molar-refractivity contribution in [3.63, 3.8) is 0 Å². The van der Waals surface area contributed by atoms with Crippen LogP contribution < -0.4 is 35.8 Å². The van der Waals surface area contributed by atoms with Gasteiger partial charge in [0.1, 0.15) is 0 Å². The SMILES string of the molecule is C.O=S(=O)(Cl)Cl.[Br-].[Li+]. The minimum atomic E-state index is -3.72. The van der Waals surface area contributed by atoms with E-state index in [-0.39, 0.29) is 43.3 Å². The fourth-order valence-corrected chi connectivity index (χ4v) is 0. The van der Waals surface area contributed by atoms with Gasteiger partial charge in [-0.15, -0.1) is 0 Å². The van der Waals surface area contributed by atoms with Gasteiger partial charge in [0, 0.05) is 21.4 Å². The maximum Gasteiger partial charge on any atom is 1.00 e. The van der Waals surface area contributed by atoms with Crippen molar-refractivity contribution in [1.82, 2.24) is 0 Å². The molecule has 2 nitrogen and oxygen atoms in total. The second-order valence-electron chi connectivity index (χ2n) is 0.378. The third kappa shape index (κ3) is 129. The predicted molar refractivity (Wildman–Crippen MR) is 27.4 cm³/mol. The van der Waals surface area contributed by atoms with Gasteiger partial charge in [-0.25, -0.2) is 0 Å². The number of rotatable bonds is 0. The molecule has 0 saturated carbocycles. The molecule has 8 heavy (non-hydrogen) atoms. The van der Waals surface area contributed by atoms with E-state index in [1.165, 1.54) is 0 Å². The summed E-state index contributed by atoms with van der Waals surface area (Å²) in [5, 5.41) is 0. The zero-order valence-corrected chi connectivity index (χ0v) is 7.27. The average Bonchev–Trinajstić information content (AvgIpc) is 0.722. The van der Waals surface area contributed by atoms with E-state index in [4.69, 9.17) is 8.42 Å². The van der Waals surface area contributed by atoms with Crippen LogP contribution in [0.25, 0.3) is 0 Å². The predicted octanol–water partition coefficient (Wildman–Crippen LogP) is -4.65. The zero-order chi connectivity index (χ0) is 4.50. The smallest absolute Gasteiger partial charge is 1.00 e. The van der Waals surface area contributed by atoms with E-state index in [9.17, 15) is 0 Å². The molecule has 0 aromatic carbocycles. The molecule has 0 amide bonds. The van der Waals surface area contributed by atoms with Crippen LogP contribution in [-0.4, -0.2) is 8.42 Å².